The Bertz CT molecular complexity index is 620. The molecule has 0 aliphatic heterocycles. The molecule has 1 atom stereocenters. The third kappa shape index (κ3) is 6.76. The first kappa shape index (κ1) is 20.4. The van der Waals surface area contributed by atoms with Crippen LogP contribution in [-0.2, 0) is 14.3 Å². The number of nitrogens with one attached hydrogen (secondary N) is 2. The van der Waals surface area contributed by atoms with Crippen molar-refractivity contribution in [3.63, 3.8) is 0 Å². The van der Waals surface area contributed by atoms with Crippen LogP contribution in [0.1, 0.15) is 30.6 Å². The van der Waals surface area contributed by atoms with Crippen LogP contribution in [0.2, 0.25) is 0 Å². The number of anilines is 1. The van der Waals surface area contributed by atoms with Crippen LogP contribution in [0.15, 0.2) is 18.2 Å². The van der Waals surface area contributed by atoms with Gasteiger partial charge in [0.2, 0.25) is 0 Å². The van der Waals surface area contributed by atoms with Gasteiger partial charge in [-0.2, -0.15) is 0 Å². The smallest absolute Gasteiger partial charge is 0.341 e. The first-order valence-electron chi connectivity index (χ1n) is 7.86. The van der Waals surface area contributed by atoms with Crippen LogP contribution in [0.25, 0.3) is 0 Å². The van der Waals surface area contributed by atoms with E-state index in [2.05, 4.69) is 10.6 Å². The molecule has 0 aromatic heterocycles. The number of carbonyl (C=O) groups excluding carboxylic acids is 2. The third-order valence-corrected chi connectivity index (χ3v) is 3.41. The number of carbonyl (C=O) groups is 2. The number of nitrogens with zero attached hydrogens (tertiary/aromatic N) is 1. The Labute approximate surface area is 145 Å². The quantitative estimate of drug-likeness (QED) is 0.284. The van der Waals surface area contributed by atoms with Gasteiger partial charge in [0.25, 0.3) is 11.6 Å². The van der Waals surface area contributed by atoms with E-state index in [1.54, 1.807) is 0 Å². The second-order valence-electron chi connectivity index (χ2n) is 5.36. The monoisotopic (exact) mass is 353 g/mol. The number of rotatable bonds is 10. The van der Waals surface area contributed by atoms with E-state index in [0.29, 0.717) is 18.8 Å². The molecule has 0 aliphatic rings. The highest BCUT2D eigenvalue weighted by Crippen LogP contribution is 2.23. The van der Waals surface area contributed by atoms with Gasteiger partial charge in [0.15, 0.2) is 6.61 Å². The summed E-state index contributed by atoms with van der Waals surface area (Å²) >= 11 is 0. The van der Waals surface area contributed by atoms with E-state index >= 15 is 0 Å². The van der Waals surface area contributed by atoms with Gasteiger partial charge in [-0.05, 0) is 19.4 Å². The van der Waals surface area contributed by atoms with E-state index < -0.39 is 23.4 Å². The highest BCUT2D eigenvalue weighted by molar-refractivity contribution is 5.97. The van der Waals surface area contributed by atoms with E-state index in [4.69, 9.17) is 9.47 Å². The minimum absolute atomic E-state index is 0.0124. The van der Waals surface area contributed by atoms with E-state index in [9.17, 15) is 19.7 Å². The van der Waals surface area contributed by atoms with Crippen LogP contribution in [0.5, 0.6) is 0 Å². The first-order valence-corrected chi connectivity index (χ1v) is 7.86. The van der Waals surface area contributed by atoms with E-state index in [-0.39, 0.29) is 17.3 Å². The molecule has 0 saturated carbocycles. The highest BCUT2D eigenvalue weighted by atomic mass is 16.6. The summed E-state index contributed by atoms with van der Waals surface area (Å²) in [6, 6.07) is 3.78. The lowest BCUT2D eigenvalue weighted by Gasteiger charge is -2.13. The molecule has 1 aromatic carbocycles. The molecule has 1 rings (SSSR count). The lowest BCUT2D eigenvalue weighted by molar-refractivity contribution is -0.384. The molecule has 0 spiro atoms. The third-order valence-electron chi connectivity index (χ3n) is 3.41. The number of hydrogen-bond acceptors (Lipinski definition) is 7. The summed E-state index contributed by atoms with van der Waals surface area (Å²) in [6.07, 6.45) is 0.748. The first-order chi connectivity index (χ1) is 11.9. The molecular formula is C16H23N3O6. The number of benzene rings is 1. The number of methoxy groups -OCH3 is 1. The lowest BCUT2D eigenvalue weighted by atomic mass is 10.1. The summed E-state index contributed by atoms with van der Waals surface area (Å²) in [4.78, 5) is 34.2. The minimum Gasteiger partial charge on any atom is -0.452 e. The second-order valence-corrected chi connectivity index (χ2v) is 5.36. The molecule has 25 heavy (non-hydrogen) atoms. The molecule has 0 saturated heterocycles. The molecule has 0 bridgehead atoms. The second kappa shape index (κ2) is 10.2. The van der Waals surface area contributed by atoms with Crippen LogP contribution < -0.4 is 10.6 Å². The number of nitro groups is 1. The Hall–Kier alpha value is -2.68. The topological polar surface area (TPSA) is 120 Å². The summed E-state index contributed by atoms with van der Waals surface area (Å²) in [5, 5.41) is 16.5. The minimum atomic E-state index is -0.817. The van der Waals surface area contributed by atoms with E-state index in [0.717, 1.165) is 12.5 Å². The van der Waals surface area contributed by atoms with Gasteiger partial charge in [-0.15, -0.1) is 0 Å². The average Bonchev–Trinajstić information content (AvgIpc) is 2.59. The molecular weight excluding hydrogens is 330 g/mol. The normalized spacial score (nSPS) is 11.5. The predicted octanol–water partition coefficient (Wildman–Crippen LogP) is 1.72. The number of hydrogen-bond donors (Lipinski definition) is 2. The molecule has 0 fully saturated rings. The van der Waals surface area contributed by atoms with Crippen molar-refractivity contribution in [1.82, 2.24) is 5.32 Å². The van der Waals surface area contributed by atoms with Gasteiger partial charge in [-0.3, -0.25) is 14.9 Å². The summed E-state index contributed by atoms with van der Waals surface area (Å²) in [5.74, 6) is -1.25. The molecule has 0 heterocycles. The van der Waals surface area contributed by atoms with Gasteiger partial charge in [-0.25, -0.2) is 4.79 Å². The fourth-order valence-electron chi connectivity index (χ4n) is 1.88. The molecule has 9 heteroatoms. The van der Waals surface area contributed by atoms with Crippen molar-refractivity contribution in [2.45, 2.75) is 26.3 Å². The van der Waals surface area contributed by atoms with Crippen LogP contribution >= 0.6 is 0 Å². The van der Waals surface area contributed by atoms with Crippen molar-refractivity contribution in [1.29, 1.82) is 0 Å². The number of ether oxygens (including phenoxy) is 2. The van der Waals surface area contributed by atoms with Gasteiger partial charge in [0.1, 0.15) is 0 Å². The average molecular weight is 353 g/mol. The Morgan fingerprint density at radius 3 is 2.68 bits per heavy atom. The molecule has 138 valence electrons. The zero-order valence-corrected chi connectivity index (χ0v) is 14.5. The number of non-ortho nitro benzene ring substituents is 1. The number of esters is 1. The van der Waals surface area contributed by atoms with E-state index in [1.165, 1.54) is 19.2 Å². The number of amides is 1. The maximum absolute atomic E-state index is 12.2. The summed E-state index contributed by atoms with van der Waals surface area (Å²) in [6.45, 7) is 4.09. The largest absolute Gasteiger partial charge is 0.452 e. The van der Waals surface area contributed by atoms with Gasteiger partial charge in [0.05, 0.1) is 17.1 Å². The van der Waals surface area contributed by atoms with Gasteiger partial charge < -0.3 is 20.1 Å². The molecule has 0 radical (unpaired) electrons. The summed E-state index contributed by atoms with van der Waals surface area (Å²) < 4.78 is 9.88. The fraction of sp³-hybridized carbons (Fsp3) is 0.500. The van der Waals surface area contributed by atoms with Crippen molar-refractivity contribution in [3.05, 3.63) is 33.9 Å². The molecule has 0 aliphatic carbocycles. The van der Waals surface area contributed by atoms with E-state index in [1.807, 2.05) is 13.8 Å². The van der Waals surface area contributed by atoms with Crippen molar-refractivity contribution in [2.24, 2.45) is 0 Å². The maximum Gasteiger partial charge on any atom is 0.341 e. The highest BCUT2D eigenvalue weighted by Gasteiger charge is 2.19. The Kier molecular flexibility index (Phi) is 8.34. The predicted molar refractivity (Wildman–Crippen MR) is 91.6 cm³/mol. The van der Waals surface area contributed by atoms with Crippen LogP contribution in [0, 0.1) is 10.1 Å². The van der Waals surface area contributed by atoms with Crippen LogP contribution in [0.3, 0.4) is 0 Å². The van der Waals surface area contributed by atoms with Gasteiger partial charge in [0, 0.05) is 37.5 Å². The zero-order chi connectivity index (χ0) is 18.8. The molecule has 9 nitrogen and oxygen atoms in total. The molecule has 2 N–H and O–H groups in total. The van der Waals surface area contributed by atoms with Gasteiger partial charge in [-0.1, -0.05) is 6.92 Å². The van der Waals surface area contributed by atoms with Crippen LogP contribution in [-0.4, -0.2) is 49.7 Å². The van der Waals surface area contributed by atoms with Crippen molar-refractivity contribution < 1.29 is 24.0 Å². The van der Waals surface area contributed by atoms with Crippen molar-refractivity contribution in [2.75, 3.05) is 32.2 Å². The zero-order valence-electron chi connectivity index (χ0n) is 14.5. The lowest BCUT2D eigenvalue weighted by Crippen LogP contribution is -2.35. The van der Waals surface area contributed by atoms with Crippen LogP contribution in [0.4, 0.5) is 11.4 Å². The van der Waals surface area contributed by atoms with Gasteiger partial charge >= 0.3 is 5.97 Å². The summed E-state index contributed by atoms with van der Waals surface area (Å²) in [5.41, 5.74) is 0.116. The molecule has 1 aromatic rings. The Balaban J connectivity index is 2.83. The maximum atomic E-state index is 12.2. The van der Waals surface area contributed by atoms with Crippen molar-refractivity contribution in [3.8, 4) is 0 Å². The van der Waals surface area contributed by atoms with Crippen molar-refractivity contribution >= 4 is 23.3 Å². The summed E-state index contributed by atoms with van der Waals surface area (Å²) in [7, 11) is 1.53. The SMILES string of the molecule is CC[C@@H](C)NC(=O)COC(=O)c1cc([N+](=O)[O-])ccc1NCCOC. The standard InChI is InChI=1S/C16H23N3O6/c1-4-11(2)18-15(20)10-25-16(21)13-9-12(19(22)23)5-6-14(13)17-7-8-24-3/h5-6,9,11,17H,4,7-8,10H2,1-3H3,(H,18,20)/t11-/m1/s1. The fourth-order valence-corrected chi connectivity index (χ4v) is 1.88. The Morgan fingerprint density at radius 1 is 1.36 bits per heavy atom. The molecule has 1 amide bonds. The number of nitro benzene ring substituents is 1. The Morgan fingerprint density at radius 2 is 2.08 bits per heavy atom. The molecule has 0 unspecified atom stereocenters.